The summed E-state index contributed by atoms with van der Waals surface area (Å²) in [6, 6.07) is 0. The molecule has 1 aromatic heterocycles. The minimum atomic E-state index is 0.764. The highest BCUT2D eigenvalue weighted by Gasteiger charge is 2.04. The monoisotopic (exact) mass is 195 g/mol. The van der Waals surface area contributed by atoms with E-state index in [9.17, 15) is 0 Å². The average Bonchev–Trinajstić information content (AvgIpc) is 2.63. The summed E-state index contributed by atoms with van der Waals surface area (Å²) < 4.78 is 5.11. The Morgan fingerprint density at radius 3 is 2.79 bits per heavy atom. The zero-order chi connectivity index (χ0) is 10.2. The Morgan fingerprint density at radius 2 is 2.07 bits per heavy atom. The molecule has 0 amide bonds. The number of aryl methyl sites for hydroxylation is 2. The second-order valence-electron chi connectivity index (χ2n) is 3.52. The first-order valence-corrected chi connectivity index (χ1v) is 5.47. The smallest absolute Gasteiger partial charge is 0.226 e. The van der Waals surface area contributed by atoms with Crippen LogP contribution in [-0.2, 0) is 12.8 Å². The molecule has 1 aromatic rings. The quantitative estimate of drug-likeness (QED) is 0.628. The van der Waals surface area contributed by atoms with Crippen molar-refractivity contribution >= 4 is 0 Å². The van der Waals surface area contributed by atoms with Gasteiger partial charge in [-0.05, 0) is 12.8 Å². The molecule has 0 spiro atoms. The fourth-order valence-electron chi connectivity index (χ4n) is 1.30. The normalized spacial score (nSPS) is 10.7. The molecule has 0 saturated heterocycles. The fourth-order valence-corrected chi connectivity index (χ4v) is 1.30. The van der Waals surface area contributed by atoms with Crippen LogP contribution in [0.15, 0.2) is 4.52 Å². The lowest BCUT2D eigenvalue weighted by Crippen LogP contribution is -1.89. The van der Waals surface area contributed by atoms with Crippen LogP contribution in [0.25, 0.3) is 0 Å². The first kappa shape index (κ1) is 11.2. The maximum atomic E-state index is 5.11. The van der Waals surface area contributed by atoms with Crippen molar-refractivity contribution in [3.8, 4) is 0 Å². The van der Waals surface area contributed by atoms with Crippen LogP contribution in [-0.4, -0.2) is 10.1 Å². The maximum Gasteiger partial charge on any atom is 0.226 e. The van der Waals surface area contributed by atoms with Gasteiger partial charge in [0.05, 0.1) is 0 Å². The highest BCUT2D eigenvalue weighted by molar-refractivity contribution is 4.86. The molecule has 0 saturated carbocycles. The summed E-state index contributed by atoms with van der Waals surface area (Å²) in [6.07, 6.45) is 7.38. The van der Waals surface area contributed by atoms with Gasteiger partial charge in [0.1, 0.15) is 0 Å². The van der Waals surface area contributed by atoms with E-state index >= 15 is 0 Å². The number of unbranched alkanes of at least 4 members (excludes halogenated alkanes) is 3. The zero-order valence-corrected chi connectivity index (χ0v) is 8.96. The van der Waals surface area contributed by atoms with Crippen LogP contribution in [0.1, 0.15) is 50.7 Å². The first-order valence-electron chi connectivity index (χ1n) is 5.47. The topological polar surface area (TPSA) is 38.9 Å². The standard InChI is InChI=1S/C11H19N2O/c1-3-5-7-8-10-12-11(14-13-10)9-6-4-2/h2-9H2,1H3. The summed E-state index contributed by atoms with van der Waals surface area (Å²) in [5.41, 5.74) is 0. The number of hydrogen-bond acceptors (Lipinski definition) is 3. The molecule has 1 rings (SSSR count). The summed E-state index contributed by atoms with van der Waals surface area (Å²) in [5.74, 6) is 1.62. The molecule has 1 radical (unpaired) electrons. The van der Waals surface area contributed by atoms with Crippen LogP contribution < -0.4 is 0 Å². The summed E-state index contributed by atoms with van der Waals surface area (Å²) in [7, 11) is 0. The Bertz CT molecular complexity index is 245. The third kappa shape index (κ3) is 3.90. The van der Waals surface area contributed by atoms with E-state index in [1.807, 2.05) is 0 Å². The summed E-state index contributed by atoms with van der Waals surface area (Å²) in [4.78, 5) is 4.31. The van der Waals surface area contributed by atoms with Gasteiger partial charge < -0.3 is 4.52 Å². The Labute approximate surface area is 85.9 Å². The molecule has 0 aliphatic heterocycles. The molecular weight excluding hydrogens is 176 g/mol. The number of hydrogen-bond donors (Lipinski definition) is 0. The zero-order valence-electron chi connectivity index (χ0n) is 8.96. The SMILES string of the molecule is [CH2]CCCc1nc(CCCCC)no1. The second kappa shape index (κ2) is 6.57. The molecule has 0 N–H and O–H groups in total. The van der Waals surface area contributed by atoms with Gasteiger partial charge in [0.25, 0.3) is 0 Å². The van der Waals surface area contributed by atoms with E-state index < -0.39 is 0 Å². The first-order chi connectivity index (χ1) is 6.86. The van der Waals surface area contributed by atoms with Gasteiger partial charge in [0.15, 0.2) is 5.82 Å². The predicted octanol–water partition coefficient (Wildman–Crippen LogP) is 2.96. The molecule has 3 heteroatoms. The molecule has 0 fully saturated rings. The lowest BCUT2D eigenvalue weighted by Gasteiger charge is -1.91. The van der Waals surface area contributed by atoms with Crippen molar-refractivity contribution < 1.29 is 4.52 Å². The van der Waals surface area contributed by atoms with Crippen molar-refractivity contribution in [2.24, 2.45) is 0 Å². The molecular formula is C11H19N2O. The number of nitrogens with zero attached hydrogens (tertiary/aromatic N) is 2. The molecule has 79 valence electrons. The van der Waals surface area contributed by atoms with E-state index in [1.165, 1.54) is 12.8 Å². The molecule has 0 aromatic carbocycles. The van der Waals surface area contributed by atoms with Crippen molar-refractivity contribution in [1.29, 1.82) is 0 Å². The van der Waals surface area contributed by atoms with Gasteiger partial charge in [-0.25, -0.2) is 0 Å². The van der Waals surface area contributed by atoms with Gasteiger partial charge in [0.2, 0.25) is 5.89 Å². The summed E-state index contributed by atoms with van der Waals surface area (Å²) in [5, 5.41) is 3.93. The highest BCUT2D eigenvalue weighted by Crippen LogP contribution is 2.06. The molecule has 0 unspecified atom stereocenters. The van der Waals surface area contributed by atoms with Crippen molar-refractivity contribution in [3.63, 3.8) is 0 Å². The van der Waals surface area contributed by atoms with Gasteiger partial charge in [-0.2, -0.15) is 4.98 Å². The van der Waals surface area contributed by atoms with Gasteiger partial charge >= 0.3 is 0 Å². The van der Waals surface area contributed by atoms with Gasteiger partial charge in [0, 0.05) is 12.8 Å². The predicted molar refractivity (Wildman–Crippen MR) is 55.8 cm³/mol. The molecule has 0 bridgehead atoms. The van der Waals surface area contributed by atoms with E-state index in [0.29, 0.717) is 0 Å². The molecule has 0 aliphatic rings. The van der Waals surface area contributed by atoms with E-state index in [2.05, 4.69) is 24.0 Å². The third-order valence-electron chi connectivity index (χ3n) is 2.15. The Morgan fingerprint density at radius 1 is 1.21 bits per heavy atom. The van der Waals surface area contributed by atoms with E-state index in [0.717, 1.165) is 43.8 Å². The Kier molecular flexibility index (Phi) is 5.27. The third-order valence-corrected chi connectivity index (χ3v) is 2.15. The van der Waals surface area contributed by atoms with Crippen molar-refractivity contribution in [2.45, 2.75) is 51.9 Å². The van der Waals surface area contributed by atoms with Crippen LogP contribution in [0.3, 0.4) is 0 Å². The van der Waals surface area contributed by atoms with Crippen LogP contribution in [0.2, 0.25) is 0 Å². The van der Waals surface area contributed by atoms with Crippen molar-refractivity contribution in [2.75, 3.05) is 0 Å². The summed E-state index contributed by atoms with van der Waals surface area (Å²) >= 11 is 0. The summed E-state index contributed by atoms with van der Waals surface area (Å²) in [6.45, 7) is 5.97. The lowest BCUT2D eigenvalue weighted by molar-refractivity contribution is 0.370. The van der Waals surface area contributed by atoms with Crippen LogP contribution in [0.4, 0.5) is 0 Å². The van der Waals surface area contributed by atoms with E-state index in [1.54, 1.807) is 0 Å². The Balaban J connectivity index is 2.27. The van der Waals surface area contributed by atoms with E-state index in [-0.39, 0.29) is 0 Å². The number of rotatable bonds is 7. The second-order valence-corrected chi connectivity index (χ2v) is 3.52. The van der Waals surface area contributed by atoms with Crippen molar-refractivity contribution in [1.82, 2.24) is 10.1 Å². The van der Waals surface area contributed by atoms with Crippen LogP contribution >= 0.6 is 0 Å². The largest absolute Gasteiger partial charge is 0.339 e. The lowest BCUT2D eigenvalue weighted by atomic mass is 10.2. The maximum absolute atomic E-state index is 5.11. The average molecular weight is 195 g/mol. The number of aromatic nitrogens is 2. The minimum Gasteiger partial charge on any atom is -0.339 e. The molecule has 1 heterocycles. The molecule has 3 nitrogen and oxygen atoms in total. The Hall–Kier alpha value is -0.860. The highest BCUT2D eigenvalue weighted by atomic mass is 16.5. The van der Waals surface area contributed by atoms with Gasteiger partial charge in [-0.15, -0.1) is 0 Å². The van der Waals surface area contributed by atoms with Gasteiger partial charge in [-0.1, -0.05) is 38.3 Å². The van der Waals surface area contributed by atoms with Gasteiger partial charge in [-0.3, -0.25) is 0 Å². The molecule has 0 atom stereocenters. The minimum absolute atomic E-state index is 0.764. The van der Waals surface area contributed by atoms with Crippen LogP contribution in [0.5, 0.6) is 0 Å². The molecule has 0 aliphatic carbocycles. The van der Waals surface area contributed by atoms with Crippen molar-refractivity contribution in [3.05, 3.63) is 18.6 Å². The van der Waals surface area contributed by atoms with Crippen LogP contribution in [0, 0.1) is 6.92 Å². The van der Waals surface area contributed by atoms with E-state index in [4.69, 9.17) is 4.52 Å². The fraction of sp³-hybridized carbons (Fsp3) is 0.727. The molecule has 14 heavy (non-hydrogen) atoms.